The molecule has 3 N–H and O–H groups in total. The molecule has 8 nitrogen and oxygen atoms in total. The molecule has 0 aliphatic heterocycles. The summed E-state index contributed by atoms with van der Waals surface area (Å²) in [6, 6.07) is 19.8. The van der Waals surface area contributed by atoms with Gasteiger partial charge in [0, 0.05) is 23.5 Å². The summed E-state index contributed by atoms with van der Waals surface area (Å²) in [5.41, 5.74) is 0.642. The maximum atomic E-state index is 13.6. The van der Waals surface area contributed by atoms with Crippen molar-refractivity contribution in [2.75, 3.05) is 17.7 Å². The van der Waals surface area contributed by atoms with Gasteiger partial charge in [0.25, 0.3) is 5.91 Å². The Morgan fingerprint density at radius 2 is 1.55 bits per heavy atom. The normalized spacial score (nSPS) is 11.5. The average Bonchev–Trinajstić information content (AvgIpc) is 2.93. The van der Waals surface area contributed by atoms with Crippen LogP contribution in [0.2, 0.25) is 0 Å². The zero-order valence-electron chi connectivity index (χ0n) is 20.0. The molecule has 0 saturated carbocycles. The number of anilines is 2. The number of carbonyl (C=O) groups excluding carboxylic acids is 1. The van der Waals surface area contributed by atoms with Crippen LogP contribution in [-0.2, 0) is 0 Å². The number of hydrogen-bond donors (Lipinski definition) is 3. The molecule has 2 aromatic carbocycles. The van der Waals surface area contributed by atoms with E-state index >= 15 is 0 Å². The highest BCUT2D eigenvalue weighted by molar-refractivity contribution is 6.07. The maximum absolute atomic E-state index is 13.6. The molecule has 2 heterocycles. The fraction of sp³-hybridized carbons (Fsp3) is 0.0741. The highest BCUT2D eigenvalue weighted by atomic mass is 19.4. The quantitative estimate of drug-likeness (QED) is 0.257. The second-order valence-electron chi connectivity index (χ2n) is 7.91. The van der Waals surface area contributed by atoms with Gasteiger partial charge in [-0.05, 0) is 65.7 Å². The van der Waals surface area contributed by atoms with E-state index in [9.17, 15) is 18.0 Å². The van der Waals surface area contributed by atoms with Crippen molar-refractivity contribution < 1.29 is 22.7 Å². The van der Waals surface area contributed by atoms with Crippen LogP contribution in [0.1, 0.15) is 15.9 Å². The van der Waals surface area contributed by atoms with E-state index in [-0.39, 0.29) is 22.9 Å². The number of aromatic nitrogens is 3. The number of rotatable bonds is 8. The number of nitrogens with zero attached hydrogens (tertiary/aromatic N) is 3. The van der Waals surface area contributed by atoms with Crippen molar-refractivity contribution in [3.8, 4) is 16.9 Å². The Morgan fingerprint density at radius 1 is 0.895 bits per heavy atom. The lowest BCUT2D eigenvalue weighted by Gasteiger charge is -2.14. The number of pyridine rings is 1. The summed E-state index contributed by atoms with van der Waals surface area (Å²) in [6.45, 7) is 0. The number of ether oxygens (including phenoxy) is 1. The number of nitrogens with one attached hydrogen (secondary N) is 3. The maximum Gasteiger partial charge on any atom is 0.431 e. The highest BCUT2D eigenvalue weighted by Gasteiger charge is 2.34. The van der Waals surface area contributed by atoms with Gasteiger partial charge >= 0.3 is 6.18 Å². The van der Waals surface area contributed by atoms with Crippen molar-refractivity contribution >= 4 is 23.3 Å². The lowest BCUT2D eigenvalue weighted by atomic mass is 10.0. The Bertz CT molecular complexity index is 1470. The van der Waals surface area contributed by atoms with Gasteiger partial charge < -0.3 is 20.8 Å². The SMILES string of the molecule is COc1cccc(-c2cccc(C(=O)Nc3ccc(N/C(=C\C(=N)c4cccnc4)C(F)(F)F)nn3)c2)c1. The summed E-state index contributed by atoms with van der Waals surface area (Å²) >= 11 is 0. The van der Waals surface area contributed by atoms with Gasteiger partial charge in [-0.3, -0.25) is 9.78 Å². The van der Waals surface area contributed by atoms with Gasteiger partial charge in [-0.15, -0.1) is 10.2 Å². The first kappa shape index (κ1) is 26.0. The summed E-state index contributed by atoms with van der Waals surface area (Å²) in [5, 5.41) is 20.2. The van der Waals surface area contributed by atoms with E-state index in [2.05, 4.69) is 25.8 Å². The molecule has 11 heteroatoms. The number of methoxy groups -OCH3 is 1. The number of hydrogen-bond acceptors (Lipinski definition) is 7. The zero-order valence-corrected chi connectivity index (χ0v) is 20.0. The molecule has 38 heavy (non-hydrogen) atoms. The zero-order chi connectivity index (χ0) is 27.1. The third-order valence-electron chi connectivity index (χ3n) is 5.26. The smallest absolute Gasteiger partial charge is 0.431 e. The van der Waals surface area contributed by atoms with Crippen LogP contribution in [0.3, 0.4) is 0 Å². The summed E-state index contributed by atoms with van der Waals surface area (Å²) in [4.78, 5) is 16.6. The van der Waals surface area contributed by atoms with Crippen molar-refractivity contribution in [1.82, 2.24) is 15.2 Å². The molecule has 0 fully saturated rings. The molecule has 0 spiro atoms. The van der Waals surface area contributed by atoms with E-state index in [0.29, 0.717) is 17.4 Å². The second kappa shape index (κ2) is 11.3. The van der Waals surface area contributed by atoms with Crippen molar-refractivity contribution in [2.24, 2.45) is 0 Å². The lowest BCUT2D eigenvalue weighted by Crippen LogP contribution is -2.21. The van der Waals surface area contributed by atoms with Crippen molar-refractivity contribution in [2.45, 2.75) is 6.18 Å². The van der Waals surface area contributed by atoms with Gasteiger partial charge in [0.2, 0.25) is 0 Å². The molecule has 0 aliphatic carbocycles. The molecule has 0 unspecified atom stereocenters. The van der Waals surface area contributed by atoms with E-state index in [1.54, 1.807) is 25.3 Å². The van der Waals surface area contributed by atoms with Crippen LogP contribution in [0.4, 0.5) is 24.8 Å². The predicted octanol–water partition coefficient (Wildman–Crippen LogP) is 5.73. The number of halogens is 3. The molecule has 4 aromatic rings. The van der Waals surface area contributed by atoms with Gasteiger partial charge in [0.05, 0.1) is 12.8 Å². The lowest BCUT2D eigenvalue weighted by molar-refractivity contribution is -0.0901. The third kappa shape index (κ3) is 6.58. The number of alkyl halides is 3. The minimum atomic E-state index is -4.78. The van der Waals surface area contributed by atoms with E-state index in [4.69, 9.17) is 10.1 Å². The second-order valence-corrected chi connectivity index (χ2v) is 7.91. The first-order valence-electron chi connectivity index (χ1n) is 11.2. The molecule has 0 saturated heterocycles. The highest BCUT2D eigenvalue weighted by Crippen LogP contribution is 2.27. The summed E-state index contributed by atoms with van der Waals surface area (Å²) in [6.07, 6.45) is -1.40. The minimum Gasteiger partial charge on any atom is -0.497 e. The average molecular weight is 518 g/mol. The number of benzene rings is 2. The number of amides is 1. The van der Waals surface area contributed by atoms with Gasteiger partial charge in [-0.2, -0.15) is 13.2 Å². The predicted molar refractivity (Wildman–Crippen MR) is 137 cm³/mol. The van der Waals surface area contributed by atoms with E-state index in [1.165, 1.54) is 36.7 Å². The Hall–Kier alpha value is -5.06. The Balaban J connectivity index is 1.46. The minimum absolute atomic E-state index is 0.0491. The number of carbonyl (C=O) groups is 1. The fourth-order valence-corrected chi connectivity index (χ4v) is 3.37. The van der Waals surface area contributed by atoms with Gasteiger partial charge in [-0.25, -0.2) is 0 Å². The third-order valence-corrected chi connectivity index (χ3v) is 5.26. The van der Waals surface area contributed by atoms with E-state index < -0.39 is 17.8 Å². The van der Waals surface area contributed by atoms with E-state index in [1.807, 2.05) is 30.3 Å². The first-order valence-corrected chi connectivity index (χ1v) is 11.2. The Kier molecular flexibility index (Phi) is 7.76. The summed E-state index contributed by atoms with van der Waals surface area (Å²) in [5.74, 6) is 0.0443. The van der Waals surface area contributed by atoms with E-state index in [0.717, 1.165) is 11.1 Å². The summed E-state index contributed by atoms with van der Waals surface area (Å²) < 4.78 is 45.9. The molecular weight excluding hydrogens is 497 g/mol. The van der Waals surface area contributed by atoms with Crippen molar-refractivity contribution in [3.05, 3.63) is 108 Å². The molecule has 4 rings (SSSR count). The Labute approximate surface area is 215 Å². The monoisotopic (exact) mass is 518 g/mol. The molecule has 0 aliphatic rings. The molecular formula is C27H21F3N6O2. The largest absolute Gasteiger partial charge is 0.497 e. The van der Waals surface area contributed by atoms with Crippen molar-refractivity contribution in [1.29, 1.82) is 5.41 Å². The van der Waals surface area contributed by atoms with Crippen LogP contribution in [0.5, 0.6) is 5.75 Å². The van der Waals surface area contributed by atoms with Gasteiger partial charge in [0.15, 0.2) is 11.6 Å². The van der Waals surface area contributed by atoms with Crippen LogP contribution in [0, 0.1) is 5.41 Å². The van der Waals surface area contributed by atoms with Crippen LogP contribution < -0.4 is 15.4 Å². The van der Waals surface area contributed by atoms with Gasteiger partial charge in [-0.1, -0.05) is 24.3 Å². The topological polar surface area (TPSA) is 113 Å². The van der Waals surface area contributed by atoms with Crippen LogP contribution in [0.25, 0.3) is 11.1 Å². The van der Waals surface area contributed by atoms with Gasteiger partial charge in [0.1, 0.15) is 11.4 Å². The fourth-order valence-electron chi connectivity index (χ4n) is 3.37. The van der Waals surface area contributed by atoms with Crippen LogP contribution >= 0.6 is 0 Å². The molecule has 2 aromatic heterocycles. The summed E-state index contributed by atoms with van der Waals surface area (Å²) in [7, 11) is 1.57. The molecule has 0 atom stereocenters. The Morgan fingerprint density at radius 3 is 2.18 bits per heavy atom. The molecule has 1 amide bonds. The molecule has 192 valence electrons. The first-order chi connectivity index (χ1) is 18.2. The molecule has 0 bridgehead atoms. The molecule has 0 radical (unpaired) electrons. The van der Waals surface area contributed by atoms with Crippen LogP contribution in [-0.4, -0.2) is 40.1 Å². The number of allylic oxidation sites excluding steroid dienone is 2. The standard InChI is InChI=1S/C27H21F3N6O2/c1-38-21-9-3-6-18(14-21)17-5-2-7-19(13-17)26(37)34-25-11-10-24(35-36-25)33-23(27(28,29)30)15-22(31)20-8-4-12-32-16-20/h2-16,31H,1H3,(H,33,35)(H,34,36,37)/b23-15-,31-22?. The van der Waals surface area contributed by atoms with Crippen molar-refractivity contribution in [3.63, 3.8) is 0 Å². The van der Waals surface area contributed by atoms with Crippen LogP contribution in [0.15, 0.2) is 97.0 Å².